The first-order valence-electron chi connectivity index (χ1n) is 10.0. The van der Waals surface area contributed by atoms with Gasteiger partial charge in [-0.05, 0) is 53.9 Å². The third-order valence-corrected chi connectivity index (χ3v) is 5.87. The fourth-order valence-corrected chi connectivity index (χ4v) is 4.27. The van der Waals surface area contributed by atoms with Crippen LogP contribution in [0.4, 0.5) is 0 Å². The third kappa shape index (κ3) is 4.72. The molecule has 0 N–H and O–H groups in total. The van der Waals surface area contributed by atoms with E-state index in [1.807, 2.05) is 37.3 Å². The minimum atomic E-state index is -0.300. The lowest BCUT2D eigenvalue weighted by Gasteiger charge is -2.15. The van der Waals surface area contributed by atoms with E-state index in [9.17, 15) is 9.59 Å². The van der Waals surface area contributed by atoms with Crippen LogP contribution in [0.3, 0.4) is 0 Å². The zero-order valence-electron chi connectivity index (χ0n) is 17.1. The molecule has 4 rings (SSSR count). The van der Waals surface area contributed by atoms with E-state index in [1.54, 1.807) is 36.9 Å². The molecule has 3 heterocycles. The maximum absolute atomic E-state index is 13.3. The summed E-state index contributed by atoms with van der Waals surface area (Å²) in [5, 5.41) is 0. The highest BCUT2D eigenvalue weighted by molar-refractivity contribution is 8.03. The Morgan fingerprint density at radius 2 is 1.81 bits per heavy atom. The minimum Gasteiger partial charge on any atom is -0.494 e. The Morgan fingerprint density at radius 3 is 2.48 bits per heavy atom. The van der Waals surface area contributed by atoms with Gasteiger partial charge in [0.2, 0.25) is 0 Å². The number of nitrogens with zero attached hydrogens (tertiary/aromatic N) is 2. The summed E-state index contributed by atoms with van der Waals surface area (Å²) >= 11 is 1.32. The lowest BCUT2D eigenvalue weighted by molar-refractivity contribution is -0.137. The molecule has 2 amide bonds. The fraction of sp³-hybridized carbons (Fsp3) is 0.208. The summed E-state index contributed by atoms with van der Waals surface area (Å²) in [6.07, 6.45) is 5.81. The average Bonchev–Trinajstić information content (AvgIpc) is 3.40. The number of imide groups is 1. The van der Waals surface area contributed by atoms with Crippen molar-refractivity contribution in [1.82, 2.24) is 9.88 Å². The van der Waals surface area contributed by atoms with E-state index in [1.165, 1.54) is 16.7 Å². The summed E-state index contributed by atoms with van der Waals surface area (Å²) in [5.41, 5.74) is 1.95. The maximum Gasteiger partial charge on any atom is 0.268 e. The second-order valence-electron chi connectivity index (χ2n) is 7.00. The largest absolute Gasteiger partial charge is 0.494 e. The van der Waals surface area contributed by atoms with Crippen LogP contribution >= 0.6 is 11.8 Å². The van der Waals surface area contributed by atoms with Gasteiger partial charge in [0.25, 0.3) is 11.8 Å². The highest BCUT2D eigenvalue weighted by Crippen LogP contribution is 2.38. The number of ether oxygens (including phenoxy) is 1. The highest BCUT2D eigenvalue weighted by Gasteiger charge is 2.39. The van der Waals surface area contributed by atoms with Gasteiger partial charge in [0, 0.05) is 12.4 Å². The predicted molar refractivity (Wildman–Crippen MR) is 119 cm³/mol. The Kier molecular flexibility index (Phi) is 6.52. The first-order chi connectivity index (χ1) is 15.2. The number of hydrogen-bond acceptors (Lipinski definition) is 6. The van der Waals surface area contributed by atoms with Crippen LogP contribution in [0.2, 0.25) is 0 Å². The number of hydrogen-bond donors (Lipinski definition) is 0. The van der Waals surface area contributed by atoms with Crippen molar-refractivity contribution in [2.24, 2.45) is 0 Å². The Balaban J connectivity index is 1.63. The lowest BCUT2D eigenvalue weighted by atomic mass is 10.1. The van der Waals surface area contributed by atoms with Crippen LogP contribution < -0.4 is 4.74 Å². The molecule has 1 aliphatic heterocycles. The number of benzene rings is 1. The van der Waals surface area contributed by atoms with Gasteiger partial charge in [-0.3, -0.25) is 19.5 Å². The monoisotopic (exact) mass is 434 g/mol. The summed E-state index contributed by atoms with van der Waals surface area (Å²) in [6, 6.07) is 14.6. The smallest absolute Gasteiger partial charge is 0.268 e. The Labute approximate surface area is 184 Å². The summed E-state index contributed by atoms with van der Waals surface area (Å²) in [7, 11) is 0. The average molecular weight is 435 g/mol. The van der Waals surface area contributed by atoms with Crippen molar-refractivity contribution in [2.45, 2.75) is 25.6 Å². The maximum atomic E-state index is 13.3. The molecule has 6 nitrogen and oxygen atoms in total. The van der Waals surface area contributed by atoms with E-state index in [0.717, 1.165) is 23.5 Å². The molecule has 0 spiro atoms. The van der Waals surface area contributed by atoms with Crippen LogP contribution in [0, 0.1) is 0 Å². The fourth-order valence-electron chi connectivity index (χ4n) is 3.23. The first-order valence-corrected chi connectivity index (χ1v) is 11.0. The number of amides is 2. The van der Waals surface area contributed by atoms with Crippen molar-refractivity contribution >= 4 is 29.1 Å². The van der Waals surface area contributed by atoms with Crippen molar-refractivity contribution in [1.29, 1.82) is 0 Å². The third-order valence-electron chi connectivity index (χ3n) is 4.77. The van der Waals surface area contributed by atoms with Crippen molar-refractivity contribution < 1.29 is 18.7 Å². The molecule has 0 radical (unpaired) electrons. The minimum absolute atomic E-state index is 0.201. The molecule has 0 aliphatic carbocycles. The van der Waals surface area contributed by atoms with Crippen molar-refractivity contribution in [3.63, 3.8) is 0 Å². The van der Waals surface area contributed by atoms with Crippen molar-refractivity contribution in [2.75, 3.05) is 6.61 Å². The SMILES string of the molecule is CCCOc1ccc(C2=C(SCc3ccco3)C(=O)N(Cc3ccncc3)C2=O)cc1. The molecule has 3 aromatic rings. The predicted octanol–water partition coefficient (Wildman–Crippen LogP) is 4.68. The molecule has 0 bridgehead atoms. The Morgan fingerprint density at radius 1 is 1.03 bits per heavy atom. The standard InChI is InChI=1S/C24H22N2O4S/c1-2-13-29-19-7-5-18(6-8-19)21-22(31-16-20-4-3-14-30-20)24(28)26(23(21)27)15-17-9-11-25-12-10-17/h3-12,14H,2,13,15-16H2,1H3. The molecule has 0 saturated carbocycles. The zero-order valence-corrected chi connectivity index (χ0v) is 17.9. The molecule has 31 heavy (non-hydrogen) atoms. The second kappa shape index (κ2) is 9.66. The van der Waals surface area contributed by atoms with Gasteiger partial charge in [0.1, 0.15) is 11.5 Å². The van der Waals surface area contributed by atoms with Gasteiger partial charge >= 0.3 is 0 Å². The van der Waals surface area contributed by atoms with Crippen LogP contribution in [0.25, 0.3) is 5.57 Å². The number of thioether (sulfide) groups is 1. The topological polar surface area (TPSA) is 72.6 Å². The van der Waals surface area contributed by atoms with Gasteiger partial charge < -0.3 is 9.15 Å². The number of aromatic nitrogens is 1. The molecule has 158 valence electrons. The second-order valence-corrected chi connectivity index (χ2v) is 7.98. The molecule has 0 unspecified atom stereocenters. The number of rotatable bonds is 9. The number of furan rings is 1. The summed E-state index contributed by atoms with van der Waals surface area (Å²) in [4.78, 5) is 32.3. The molecule has 0 fully saturated rings. The Hall–Kier alpha value is -3.32. The number of carbonyl (C=O) groups excluding carboxylic acids is 2. The molecule has 7 heteroatoms. The quantitative estimate of drug-likeness (QED) is 0.456. The number of pyridine rings is 1. The highest BCUT2D eigenvalue weighted by atomic mass is 32.2. The van der Waals surface area contributed by atoms with E-state index in [4.69, 9.17) is 9.15 Å². The van der Waals surface area contributed by atoms with Crippen molar-refractivity contribution in [3.8, 4) is 5.75 Å². The Bertz CT molecular complexity index is 1080. The zero-order chi connectivity index (χ0) is 21.6. The summed E-state index contributed by atoms with van der Waals surface area (Å²) in [5.74, 6) is 1.35. The van der Waals surface area contributed by atoms with E-state index in [-0.39, 0.29) is 18.4 Å². The summed E-state index contributed by atoms with van der Waals surface area (Å²) < 4.78 is 11.0. The van der Waals surface area contributed by atoms with Gasteiger partial charge in [0.15, 0.2) is 0 Å². The molecule has 2 aromatic heterocycles. The molecule has 1 aliphatic rings. The molecular formula is C24H22N2O4S. The van der Waals surface area contributed by atoms with E-state index in [2.05, 4.69) is 4.98 Å². The van der Waals surface area contributed by atoms with Crippen LogP contribution in [0.5, 0.6) is 5.75 Å². The molecule has 0 saturated heterocycles. The van der Waals surface area contributed by atoms with Crippen LogP contribution in [0.15, 0.2) is 76.5 Å². The van der Waals surface area contributed by atoms with E-state index < -0.39 is 0 Å². The summed E-state index contributed by atoms with van der Waals surface area (Å²) in [6.45, 7) is 2.87. The molecule has 1 aromatic carbocycles. The van der Waals surface area contributed by atoms with Gasteiger partial charge in [-0.15, -0.1) is 11.8 Å². The first kappa shape index (κ1) is 20.9. The molecular weight excluding hydrogens is 412 g/mol. The van der Waals surface area contributed by atoms with Gasteiger partial charge in [0.05, 0.1) is 35.6 Å². The lowest BCUT2D eigenvalue weighted by Crippen LogP contribution is -2.30. The van der Waals surface area contributed by atoms with Crippen LogP contribution in [-0.2, 0) is 21.9 Å². The van der Waals surface area contributed by atoms with E-state index in [0.29, 0.717) is 28.4 Å². The van der Waals surface area contributed by atoms with E-state index >= 15 is 0 Å². The van der Waals surface area contributed by atoms with Gasteiger partial charge in [-0.25, -0.2) is 0 Å². The normalized spacial score (nSPS) is 13.9. The van der Waals surface area contributed by atoms with Gasteiger partial charge in [-0.1, -0.05) is 19.1 Å². The van der Waals surface area contributed by atoms with Crippen LogP contribution in [-0.4, -0.2) is 28.3 Å². The van der Waals surface area contributed by atoms with Gasteiger partial charge in [-0.2, -0.15) is 0 Å². The number of carbonyl (C=O) groups is 2. The van der Waals surface area contributed by atoms with Crippen LogP contribution in [0.1, 0.15) is 30.2 Å². The molecule has 0 atom stereocenters. The van der Waals surface area contributed by atoms with Crippen molar-refractivity contribution in [3.05, 3.63) is 89.0 Å².